The molecule has 30 heavy (non-hydrogen) atoms. The second-order valence-electron chi connectivity index (χ2n) is 8.37. The second-order valence-corrected chi connectivity index (χ2v) is 11.4. The summed E-state index contributed by atoms with van der Waals surface area (Å²) in [4.78, 5) is 12.3. The van der Waals surface area contributed by atoms with Crippen LogP contribution in [0.4, 0.5) is 0 Å². The molecule has 4 atom stereocenters. The fraction of sp³-hybridized carbons (Fsp3) is 0.591. The van der Waals surface area contributed by atoms with E-state index in [-0.39, 0.29) is 17.9 Å². The molecule has 0 saturated carbocycles. The summed E-state index contributed by atoms with van der Waals surface area (Å²) >= 11 is 0. The minimum absolute atomic E-state index is 0.0637. The lowest BCUT2D eigenvalue weighted by molar-refractivity contribution is -0.119. The van der Waals surface area contributed by atoms with E-state index >= 15 is 0 Å². The summed E-state index contributed by atoms with van der Waals surface area (Å²) in [5.74, 6) is 1.46. The van der Waals surface area contributed by atoms with E-state index in [1.54, 1.807) is 20.1 Å². The Kier molecular flexibility index (Phi) is 5.50. The topological polar surface area (TPSA) is 94.1 Å². The smallest absolute Gasteiger partial charge is 0.247 e. The number of ketones is 1. The Bertz CT molecular complexity index is 936. The summed E-state index contributed by atoms with van der Waals surface area (Å²) in [5, 5.41) is 13.6. The van der Waals surface area contributed by atoms with Gasteiger partial charge in [0.25, 0.3) is 0 Å². The number of aliphatic hydroxyl groups excluding tert-OH is 1. The number of benzene rings is 1. The Morgan fingerprint density at radius 2 is 2.13 bits per heavy atom. The van der Waals surface area contributed by atoms with E-state index in [0.29, 0.717) is 49.0 Å². The summed E-state index contributed by atoms with van der Waals surface area (Å²) in [6.45, 7) is 5.75. The molecule has 2 heterocycles. The first kappa shape index (κ1) is 21.4. The Morgan fingerprint density at radius 3 is 2.77 bits per heavy atom. The van der Waals surface area contributed by atoms with Crippen LogP contribution in [0.3, 0.4) is 0 Å². The molecule has 0 bridgehead atoms. The van der Waals surface area contributed by atoms with Crippen molar-refractivity contribution in [3.63, 3.8) is 0 Å². The average molecular weight is 435 g/mol. The van der Waals surface area contributed by atoms with Gasteiger partial charge in [0.15, 0.2) is 11.5 Å². The highest BCUT2D eigenvalue weighted by Gasteiger charge is 2.54. The monoisotopic (exact) mass is 435 g/mol. The SMILES string of the molecule is CCP(=O)(CC)Oc1cc2c3c(c1OC)OC1CC(O)C=CC31CC(C(C)=O)NC2. The van der Waals surface area contributed by atoms with Crippen LogP contribution in [0, 0.1) is 0 Å². The lowest BCUT2D eigenvalue weighted by Gasteiger charge is -2.37. The number of aliphatic hydroxyl groups is 1. The number of methoxy groups -OCH3 is 1. The van der Waals surface area contributed by atoms with E-state index in [4.69, 9.17) is 14.0 Å². The molecule has 1 aliphatic carbocycles. The number of ether oxygens (including phenoxy) is 2. The summed E-state index contributed by atoms with van der Waals surface area (Å²) in [6, 6.07) is 1.54. The molecule has 4 unspecified atom stereocenters. The van der Waals surface area contributed by atoms with Crippen LogP contribution in [-0.2, 0) is 21.3 Å². The maximum atomic E-state index is 13.0. The van der Waals surface area contributed by atoms with Crippen LogP contribution in [0.15, 0.2) is 18.2 Å². The zero-order chi connectivity index (χ0) is 21.7. The number of nitrogens with one attached hydrogen (secondary N) is 1. The molecule has 0 radical (unpaired) electrons. The molecule has 0 saturated heterocycles. The van der Waals surface area contributed by atoms with Crippen molar-refractivity contribution in [2.75, 3.05) is 19.4 Å². The van der Waals surface area contributed by atoms with E-state index in [1.807, 2.05) is 26.0 Å². The van der Waals surface area contributed by atoms with Crippen molar-refractivity contribution in [3.05, 3.63) is 29.3 Å². The normalized spacial score (nSPS) is 29.4. The molecule has 2 aliphatic heterocycles. The molecule has 1 spiro atoms. The predicted molar refractivity (Wildman–Crippen MR) is 114 cm³/mol. The van der Waals surface area contributed by atoms with Crippen molar-refractivity contribution in [2.24, 2.45) is 0 Å². The molecule has 1 aromatic carbocycles. The van der Waals surface area contributed by atoms with Gasteiger partial charge in [0.1, 0.15) is 11.9 Å². The number of rotatable bonds is 6. The fourth-order valence-corrected chi connectivity index (χ4v) is 6.09. The van der Waals surface area contributed by atoms with Gasteiger partial charge in [0.2, 0.25) is 13.1 Å². The zero-order valence-corrected chi connectivity index (χ0v) is 18.8. The lowest BCUT2D eigenvalue weighted by atomic mass is 9.67. The van der Waals surface area contributed by atoms with Crippen LogP contribution in [0.2, 0.25) is 0 Å². The highest BCUT2D eigenvalue weighted by molar-refractivity contribution is 7.59. The first-order valence-electron chi connectivity index (χ1n) is 10.6. The minimum Gasteiger partial charge on any atom is -0.490 e. The summed E-state index contributed by atoms with van der Waals surface area (Å²) in [5.41, 5.74) is 1.38. The summed E-state index contributed by atoms with van der Waals surface area (Å²) < 4.78 is 31.1. The summed E-state index contributed by atoms with van der Waals surface area (Å²) in [6.07, 6.45) is 4.68. The van der Waals surface area contributed by atoms with Gasteiger partial charge in [0, 0.05) is 30.9 Å². The van der Waals surface area contributed by atoms with Crippen LogP contribution in [0.5, 0.6) is 17.2 Å². The van der Waals surface area contributed by atoms with Gasteiger partial charge in [-0.2, -0.15) is 0 Å². The van der Waals surface area contributed by atoms with Crippen LogP contribution >= 0.6 is 7.37 Å². The highest BCUT2D eigenvalue weighted by atomic mass is 31.2. The largest absolute Gasteiger partial charge is 0.490 e. The van der Waals surface area contributed by atoms with Gasteiger partial charge in [-0.3, -0.25) is 9.36 Å². The quantitative estimate of drug-likeness (QED) is 0.524. The van der Waals surface area contributed by atoms with Gasteiger partial charge >= 0.3 is 0 Å². The van der Waals surface area contributed by atoms with Gasteiger partial charge in [-0.1, -0.05) is 26.0 Å². The van der Waals surface area contributed by atoms with Gasteiger partial charge in [-0.25, -0.2) is 0 Å². The Balaban J connectivity index is 1.91. The molecule has 0 aromatic heterocycles. The summed E-state index contributed by atoms with van der Waals surface area (Å²) in [7, 11) is -1.30. The van der Waals surface area contributed by atoms with Crippen LogP contribution in [0.25, 0.3) is 0 Å². The van der Waals surface area contributed by atoms with Gasteiger partial charge < -0.3 is 24.4 Å². The second kappa shape index (κ2) is 7.70. The van der Waals surface area contributed by atoms with Crippen LogP contribution in [0.1, 0.15) is 44.7 Å². The van der Waals surface area contributed by atoms with Gasteiger partial charge in [-0.15, -0.1) is 0 Å². The molecular formula is C22H30NO6P. The number of carbonyl (C=O) groups excluding carboxylic acids is 1. The average Bonchev–Trinajstić information content (AvgIpc) is 2.94. The van der Waals surface area contributed by atoms with E-state index < -0.39 is 18.9 Å². The molecule has 3 aliphatic rings. The molecule has 0 fully saturated rings. The number of hydrogen-bond acceptors (Lipinski definition) is 7. The molecule has 1 aromatic rings. The van der Waals surface area contributed by atoms with Crippen molar-refractivity contribution in [2.45, 2.75) is 63.8 Å². The molecule has 8 heteroatoms. The van der Waals surface area contributed by atoms with E-state index in [0.717, 1.165) is 11.1 Å². The van der Waals surface area contributed by atoms with Crippen molar-refractivity contribution in [1.82, 2.24) is 5.32 Å². The Labute approximate surface area is 177 Å². The standard InChI is InChI=1S/C22H30NO6P/c1-5-30(26,6-2)29-17-9-14-12-23-16(13(3)24)11-22-8-7-15(25)10-18(22)28-21(19(14)22)20(17)27-4/h7-9,15-16,18,23,25H,5-6,10-12H2,1-4H3. The third-order valence-corrected chi connectivity index (χ3v) is 9.12. The predicted octanol–water partition coefficient (Wildman–Crippen LogP) is 3.16. The number of hydrogen-bond donors (Lipinski definition) is 2. The van der Waals surface area contributed by atoms with Crippen molar-refractivity contribution in [1.29, 1.82) is 0 Å². The van der Waals surface area contributed by atoms with E-state index in [9.17, 15) is 14.5 Å². The molecule has 4 rings (SSSR count). The highest BCUT2D eigenvalue weighted by Crippen LogP contribution is 2.60. The Hall–Kier alpha value is -1.82. The minimum atomic E-state index is -2.84. The zero-order valence-electron chi connectivity index (χ0n) is 17.9. The van der Waals surface area contributed by atoms with Gasteiger partial charge in [-0.05, 0) is 25.0 Å². The third-order valence-electron chi connectivity index (χ3n) is 6.66. The molecule has 7 nitrogen and oxygen atoms in total. The molecule has 164 valence electrons. The van der Waals surface area contributed by atoms with Crippen LogP contribution < -0.4 is 19.3 Å². The molecule has 0 amide bonds. The molecular weight excluding hydrogens is 405 g/mol. The number of carbonyl (C=O) groups is 1. The number of Topliss-reactive ketones (excluding diaryl/α,β-unsaturated/α-hetero) is 1. The first-order chi connectivity index (χ1) is 14.3. The Morgan fingerprint density at radius 1 is 1.40 bits per heavy atom. The van der Waals surface area contributed by atoms with E-state index in [1.165, 1.54) is 0 Å². The van der Waals surface area contributed by atoms with Crippen molar-refractivity contribution < 1.29 is 28.5 Å². The van der Waals surface area contributed by atoms with Crippen molar-refractivity contribution in [3.8, 4) is 17.2 Å². The fourth-order valence-electron chi connectivity index (χ4n) is 4.89. The first-order valence-corrected chi connectivity index (χ1v) is 12.6. The molecule has 2 N–H and O–H groups in total. The lowest BCUT2D eigenvalue weighted by Crippen LogP contribution is -2.46. The maximum absolute atomic E-state index is 13.0. The van der Waals surface area contributed by atoms with Gasteiger partial charge in [0.05, 0.1) is 24.7 Å². The van der Waals surface area contributed by atoms with E-state index in [2.05, 4.69) is 5.32 Å². The third kappa shape index (κ3) is 3.28. The maximum Gasteiger partial charge on any atom is 0.247 e. The van der Waals surface area contributed by atoms with Crippen LogP contribution in [-0.4, -0.2) is 48.6 Å². The van der Waals surface area contributed by atoms with Crippen molar-refractivity contribution >= 4 is 13.2 Å².